The molecule has 0 spiro atoms. The van der Waals surface area contributed by atoms with Crippen molar-refractivity contribution in [1.82, 2.24) is 5.32 Å². The largest absolute Gasteiger partial charge is 0.496 e. The second kappa shape index (κ2) is 8.52. The maximum absolute atomic E-state index is 12.2. The molecule has 0 fully saturated rings. The first-order chi connectivity index (χ1) is 11.9. The molecule has 1 atom stereocenters. The molecule has 132 valence electrons. The molecule has 0 bridgehead atoms. The second-order valence-electron chi connectivity index (χ2n) is 6.58. The molecule has 2 aromatic carbocycles. The summed E-state index contributed by atoms with van der Waals surface area (Å²) in [7, 11) is 1.69. The SMILES string of the molecule is COc1cc(C)c([C@H](C)NC(=O)/C=C/c2ccccc2)cc1C(C)C. The van der Waals surface area contributed by atoms with Gasteiger partial charge in [-0.1, -0.05) is 44.2 Å². The van der Waals surface area contributed by atoms with Crippen LogP contribution in [0.2, 0.25) is 0 Å². The standard InChI is InChI=1S/C22H27NO2/c1-15(2)19-14-20(16(3)13-21(19)25-5)17(4)23-22(24)12-11-18-9-7-6-8-10-18/h6-15,17H,1-5H3,(H,23,24)/b12-11+/t17-/m0/s1. The molecule has 0 unspecified atom stereocenters. The molecule has 0 saturated carbocycles. The number of nitrogens with one attached hydrogen (secondary N) is 1. The average Bonchev–Trinajstić information content (AvgIpc) is 2.60. The summed E-state index contributed by atoms with van der Waals surface area (Å²) in [4.78, 5) is 12.2. The monoisotopic (exact) mass is 337 g/mol. The molecule has 3 nitrogen and oxygen atoms in total. The molecule has 0 heterocycles. The van der Waals surface area contributed by atoms with E-state index in [1.54, 1.807) is 13.2 Å². The van der Waals surface area contributed by atoms with Gasteiger partial charge in [0.15, 0.2) is 0 Å². The summed E-state index contributed by atoms with van der Waals surface area (Å²) in [5.74, 6) is 1.16. The highest BCUT2D eigenvalue weighted by atomic mass is 16.5. The van der Waals surface area contributed by atoms with Crippen molar-refractivity contribution in [1.29, 1.82) is 0 Å². The van der Waals surface area contributed by atoms with E-state index in [9.17, 15) is 4.79 Å². The number of rotatable bonds is 6. The summed E-state index contributed by atoms with van der Waals surface area (Å²) >= 11 is 0. The Morgan fingerprint density at radius 1 is 1.08 bits per heavy atom. The number of amides is 1. The normalized spacial score (nSPS) is 12.4. The summed E-state index contributed by atoms with van der Waals surface area (Å²) < 4.78 is 5.49. The van der Waals surface area contributed by atoms with Crippen LogP contribution in [0.5, 0.6) is 5.75 Å². The first-order valence-electron chi connectivity index (χ1n) is 8.64. The molecule has 25 heavy (non-hydrogen) atoms. The number of benzene rings is 2. The molecule has 0 aromatic heterocycles. The van der Waals surface area contributed by atoms with Crippen LogP contribution in [0.1, 0.15) is 55.0 Å². The Balaban J connectivity index is 2.14. The van der Waals surface area contributed by atoms with Crippen molar-refractivity contribution in [3.8, 4) is 5.75 Å². The lowest BCUT2D eigenvalue weighted by Crippen LogP contribution is -2.25. The van der Waals surface area contributed by atoms with Crippen LogP contribution < -0.4 is 10.1 Å². The minimum atomic E-state index is -0.0994. The third-order valence-electron chi connectivity index (χ3n) is 4.29. The lowest BCUT2D eigenvalue weighted by molar-refractivity contribution is -0.117. The summed E-state index contributed by atoms with van der Waals surface area (Å²) in [5.41, 5.74) is 4.39. The van der Waals surface area contributed by atoms with E-state index in [0.29, 0.717) is 5.92 Å². The topological polar surface area (TPSA) is 38.3 Å². The first kappa shape index (κ1) is 18.8. The van der Waals surface area contributed by atoms with Crippen molar-refractivity contribution in [2.45, 2.75) is 39.7 Å². The number of ether oxygens (including phenoxy) is 1. The number of methoxy groups -OCH3 is 1. The minimum absolute atomic E-state index is 0.0728. The molecule has 1 amide bonds. The Labute approximate surface area is 150 Å². The first-order valence-corrected chi connectivity index (χ1v) is 8.64. The van der Waals surface area contributed by atoms with Gasteiger partial charge in [-0.2, -0.15) is 0 Å². The zero-order valence-corrected chi connectivity index (χ0v) is 15.7. The molecule has 3 heteroatoms. The molecule has 0 saturated heterocycles. The van der Waals surface area contributed by atoms with E-state index in [-0.39, 0.29) is 11.9 Å². The fraction of sp³-hybridized carbons (Fsp3) is 0.318. The van der Waals surface area contributed by atoms with Crippen LogP contribution in [0.25, 0.3) is 6.08 Å². The predicted molar refractivity (Wildman–Crippen MR) is 104 cm³/mol. The van der Waals surface area contributed by atoms with Crippen LogP contribution in [0.3, 0.4) is 0 Å². The Bertz CT molecular complexity index is 748. The van der Waals surface area contributed by atoms with Crippen LogP contribution >= 0.6 is 0 Å². The van der Waals surface area contributed by atoms with Gasteiger partial charge < -0.3 is 10.1 Å². The van der Waals surface area contributed by atoms with E-state index in [1.807, 2.05) is 56.3 Å². The van der Waals surface area contributed by atoms with E-state index in [1.165, 1.54) is 0 Å². The molecule has 0 radical (unpaired) electrons. The molecule has 0 aliphatic carbocycles. The van der Waals surface area contributed by atoms with E-state index in [4.69, 9.17) is 4.74 Å². The molecule has 0 aliphatic rings. The Morgan fingerprint density at radius 2 is 1.76 bits per heavy atom. The average molecular weight is 337 g/mol. The fourth-order valence-electron chi connectivity index (χ4n) is 2.89. The van der Waals surface area contributed by atoms with Crippen LogP contribution in [-0.2, 0) is 4.79 Å². The van der Waals surface area contributed by atoms with Gasteiger partial charge in [0.05, 0.1) is 13.2 Å². The summed E-state index contributed by atoms with van der Waals surface area (Å²) in [6.45, 7) is 8.34. The van der Waals surface area contributed by atoms with Gasteiger partial charge in [0, 0.05) is 6.08 Å². The zero-order valence-electron chi connectivity index (χ0n) is 15.7. The Kier molecular flexibility index (Phi) is 6.40. The van der Waals surface area contributed by atoms with E-state index in [2.05, 4.69) is 25.2 Å². The van der Waals surface area contributed by atoms with Crippen LogP contribution in [0, 0.1) is 6.92 Å². The lowest BCUT2D eigenvalue weighted by Gasteiger charge is -2.20. The predicted octanol–water partition coefficient (Wildman–Crippen LogP) is 5.02. The minimum Gasteiger partial charge on any atom is -0.496 e. The number of hydrogen-bond acceptors (Lipinski definition) is 2. The number of carbonyl (C=O) groups is 1. The van der Waals surface area contributed by atoms with Gasteiger partial charge in [-0.15, -0.1) is 0 Å². The van der Waals surface area contributed by atoms with Crippen molar-refractivity contribution in [3.63, 3.8) is 0 Å². The second-order valence-corrected chi connectivity index (χ2v) is 6.58. The fourth-order valence-corrected chi connectivity index (χ4v) is 2.89. The summed E-state index contributed by atoms with van der Waals surface area (Å²) in [6.07, 6.45) is 3.40. The quantitative estimate of drug-likeness (QED) is 0.752. The summed E-state index contributed by atoms with van der Waals surface area (Å²) in [6, 6.07) is 13.9. The molecule has 2 aromatic rings. The van der Waals surface area contributed by atoms with Crippen molar-refractivity contribution in [2.75, 3.05) is 7.11 Å². The Morgan fingerprint density at radius 3 is 2.36 bits per heavy atom. The third kappa shape index (κ3) is 4.96. The van der Waals surface area contributed by atoms with Crippen LogP contribution in [0.15, 0.2) is 48.5 Å². The van der Waals surface area contributed by atoms with Crippen molar-refractivity contribution in [2.24, 2.45) is 0 Å². The van der Waals surface area contributed by atoms with Gasteiger partial charge in [0.25, 0.3) is 0 Å². The smallest absolute Gasteiger partial charge is 0.244 e. The molecular formula is C22H27NO2. The molecular weight excluding hydrogens is 310 g/mol. The van der Waals surface area contributed by atoms with Crippen LogP contribution in [-0.4, -0.2) is 13.0 Å². The van der Waals surface area contributed by atoms with Gasteiger partial charge >= 0.3 is 0 Å². The van der Waals surface area contributed by atoms with Gasteiger partial charge in [-0.05, 0) is 60.2 Å². The van der Waals surface area contributed by atoms with Crippen molar-refractivity contribution < 1.29 is 9.53 Å². The maximum atomic E-state index is 12.2. The summed E-state index contributed by atoms with van der Waals surface area (Å²) in [5, 5.41) is 3.04. The zero-order chi connectivity index (χ0) is 18.4. The number of carbonyl (C=O) groups excluding carboxylic acids is 1. The highest BCUT2D eigenvalue weighted by Gasteiger charge is 2.16. The molecule has 2 rings (SSSR count). The van der Waals surface area contributed by atoms with Gasteiger partial charge in [-0.3, -0.25) is 4.79 Å². The van der Waals surface area contributed by atoms with Crippen molar-refractivity contribution >= 4 is 12.0 Å². The van der Waals surface area contributed by atoms with Crippen LogP contribution in [0.4, 0.5) is 0 Å². The van der Waals surface area contributed by atoms with Crippen molar-refractivity contribution in [3.05, 3.63) is 70.8 Å². The van der Waals surface area contributed by atoms with E-state index < -0.39 is 0 Å². The van der Waals surface area contributed by atoms with E-state index in [0.717, 1.165) is 28.0 Å². The van der Waals surface area contributed by atoms with Gasteiger partial charge in [0.2, 0.25) is 5.91 Å². The number of aryl methyl sites for hydroxylation is 1. The molecule has 0 aliphatic heterocycles. The van der Waals surface area contributed by atoms with Gasteiger partial charge in [0.1, 0.15) is 5.75 Å². The maximum Gasteiger partial charge on any atom is 0.244 e. The number of hydrogen-bond donors (Lipinski definition) is 1. The highest BCUT2D eigenvalue weighted by molar-refractivity contribution is 5.92. The third-order valence-corrected chi connectivity index (χ3v) is 4.29. The van der Waals surface area contributed by atoms with E-state index >= 15 is 0 Å². The lowest BCUT2D eigenvalue weighted by atomic mass is 9.93. The Hall–Kier alpha value is -2.55. The molecule has 1 N–H and O–H groups in total. The van der Waals surface area contributed by atoms with Gasteiger partial charge in [-0.25, -0.2) is 0 Å². The highest BCUT2D eigenvalue weighted by Crippen LogP contribution is 2.32.